The number of methoxy groups -OCH3 is 1. The van der Waals surface area contributed by atoms with E-state index in [1.165, 1.54) is 6.04 Å². The van der Waals surface area contributed by atoms with Gasteiger partial charge in [0.05, 0.1) is 28.7 Å². The number of hydrogen-bond donors (Lipinski definition) is 0. The van der Waals surface area contributed by atoms with E-state index in [2.05, 4.69) is 40.7 Å². The molecule has 2 rings (SSSR count). The van der Waals surface area contributed by atoms with Crippen molar-refractivity contribution < 1.29 is 9.47 Å². The van der Waals surface area contributed by atoms with Crippen molar-refractivity contribution in [2.75, 3.05) is 13.7 Å². The van der Waals surface area contributed by atoms with Gasteiger partial charge in [0.15, 0.2) is 0 Å². The van der Waals surface area contributed by atoms with Gasteiger partial charge in [-0.2, -0.15) is 5.10 Å². The van der Waals surface area contributed by atoms with Crippen molar-refractivity contribution in [2.45, 2.75) is 32.4 Å². The van der Waals surface area contributed by atoms with Gasteiger partial charge in [0.2, 0.25) is 0 Å². The Balaban J connectivity index is 2.08. The number of halogens is 1. The minimum atomic E-state index is -1.04. The maximum absolute atomic E-state index is 5.75. The standard InChI is InChI=1S/C14H21BrN2O2Si/c1-18-14-11-9-16-17(13(11)6-5-12(14)15)10-19-7-8-20(2,3)4/h5-6,9H,7-8,10H2,1-4H3. The van der Waals surface area contributed by atoms with Crippen molar-refractivity contribution in [3.05, 3.63) is 22.8 Å². The predicted octanol–water partition coefficient (Wildman–Crippen LogP) is 4.12. The molecule has 1 aromatic heterocycles. The highest BCUT2D eigenvalue weighted by Crippen LogP contribution is 2.33. The summed E-state index contributed by atoms with van der Waals surface area (Å²) >= 11 is 3.48. The highest BCUT2D eigenvalue weighted by Gasteiger charge is 2.13. The third-order valence-corrected chi connectivity index (χ3v) is 5.47. The van der Waals surface area contributed by atoms with E-state index in [-0.39, 0.29) is 0 Å². The van der Waals surface area contributed by atoms with Gasteiger partial charge in [0.1, 0.15) is 12.5 Å². The van der Waals surface area contributed by atoms with E-state index < -0.39 is 8.07 Å². The van der Waals surface area contributed by atoms with Gasteiger partial charge in [-0.1, -0.05) is 19.6 Å². The van der Waals surface area contributed by atoms with Crippen LogP contribution in [0.5, 0.6) is 5.75 Å². The lowest BCUT2D eigenvalue weighted by Gasteiger charge is -2.15. The third-order valence-electron chi connectivity index (χ3n) is 3.14. The van der Waals surface area contributed by atoms with Crippen molar-refractivity contribution in [2.24, 2.45) is 0 Å². The van der Waals surface area contributed by atoms with Gasteiger partial charge in [0, 0.05) is 14.7 Å². The second kappa shape index (κ2) is 6.28. The molecule has 0 radical (unpaired) electrons. The summed E-state index contributed by atoms with van der Waals surface area (Å²) in [6.45, 7) is 8.33. The molecule has 0 amide bonds. The van der Waals surface area contributed by atoms with Crippen LogP contribution in [-0.2, 0) is 11.5 Å². The third kappa shape index (κ3) is 3.62. The van der Waals surface area contributed by atoms with Crippen LogP contribution in [-0.4, -0.2) is 31.6 Å². The Bertz CT molecular complexity index is 593. The molecule has 0 saturated heterocycles. The molecule has 0 bridgehead atoms. The fourth-order valence-corrected chi connectivity index (χ4v) is 3.21. The summed E-state index contributed by atoms with van der Waals surface area (Å²) in [5.74, 6) is 0.816. The van der Waals surface area contributed by atoms with E-state index in [4.69, 9.17) is 9.47 Å². The van der Waals surface area contributed by atoms with Crippen LogP contribution < -0.4 is 4.74 Å². The molecule has 0 unspecified atom stereocenters. The average molecular weight is 357 g/mol. The van der Waals surface area contributed by atoms with Crippen LogP contribution in [0.1, 0.15) is 0 Å². The molecule has 1 heterocycles. The van der Waals surface area contributed by atoms with E-state index >= 15 is 0 Å². The first-order valence-corrected chi connectivity index (χ1v) is 11.2. The maximum atomic E-state index is 5.75. The Morgan fingerprint density at radius 2 is 2.05 bits per heavy atom. The number of ether oxygens (including phenoxy) is 2. The van der Waals surface area contributed by atoms with Gasteiger partial charge < -0.3 is 9.47 Å². The van der Waals surface area contributed by atoms with Crippen molar-refractivity contribution in [1.82, 2.24) is 9.78 Å². The van der Waals surface area contributed by atoms with Gasteiger partial charge in [-0.25, -0.2) is 4.68 Å². The molecule has 0 aliphatic rings. The summed E-state index contributed by atoms with van der Waals surface area (Å²) in [7, 11) is 0.632. The summed E-state index contributed by atoms with van der Waals surface area (Å²) in [4.78, 5) is 0. The molecule has 20 heavy (non-hydrogen) atoms. The summed E-state index contributed by atoms with van der Waals surface area (Å²) in [5.41, 5.74) is 1.03. The van der Waals surface area contributed by atoms with Crippen LogP contribution in [0.25, 0.3) is 10.9 Å². The van der Waals surface area contributed by atoms with Gasteiger partial charge in [-0.05, 0) is 34.1 Å². The van der Waals surface area contributed by atoms with Crippen LogP contribution in [0, 0.1) is 0 Å². The topological polar surface area (TPSA) is 36.3 Å². The monoisotopic (exact) mass is 356 g/mol. The number of hydrogen-bond acceptors (Lipinski definition) is 3. The predicted molar refractivity (Wildman–Crippen MR) is 88.1 cm³/mol. The molecule has 0 spiro atoms. The number of benzene rings is 1. The minimum Gasteiger partial charge on any atom is -0.495 e. The van der Waals surface area contributed by atoms with Gasteiger partial charge in [0.25, 0.3) is 0 Å². The normalized spacial score (nSPS) is 12.1. The Labute approximate surface area is 129 Å². The summed E-state index contributed by atoms with van der Waals surface area (Å²) in [6, 6.07) is 5.17. The molecule has 0 N–H and O–H groups in total. The Kier molecular flexibility index (Phi) is 4.88. The van der Waals surface area contributed by atoms with E-state index in [9.17, 15) is 0 Å². The molecule has 110 valence electrons. The number of fused-ring (bicyclic) bond motifs is 1. The van der Waals surface area contributed by atoms with Crippen molar-refractivity contribution in [3.63, 3.8) is 0 Å². The van der Waals surface area contributed by atoms with E-state index in [0.717, 1.165) is 27.7 Å². The first-order chi connectivity index (χ1) is 9.42. The molecule has 2 aromatic rings. The molecular formula is C14H21BrN2O2Si. The molecule has 6 heteroatoms. The van der Waals surface area contributed by atoms with Crippen LogP contribution in [0.2, 0.25) is 25.7 Å². The van der Waals surface area contributed by atoms with Crippen LogP contribution >= 0.6 is 15.9 Å². The Morgan fingerprint density at radius 1 is 1.30 bits per heavy atom. The second-order valence-corrected chi connectivity index (χ2v) is 12.5. The van der Waals surface area contributed by atoms with Crippen molar-refractivity contribution in [3.8, 4) is 5.75 Å². The zero-order valence-corrected chi connectivity index (χ0v) is 15.0. The van der Waals surface area contributed by atoms with Crippen LogP contribution in [0.3, 0.4) is 0 Å². The maximum Gasteiger partial charge on any atom is 0.144 e. The zero-order chi connectivity index (χ0) is 14.8. The fraction of sp³-hybridized carbons (Fsp3) is 0.500. The molecule has 4 nitrogen and oxygen atoms in total. The summed E-state index contributed by atoms with van der Waals surface area (Å²) < 4.78 is 14.0. The second-order valence-electron chi connectivity index (χ2n) is 6.01. The Hall–Kier alpha value is -0.853. The summed E-state index contributed by atoms with van der Waals surface area (Å²) in [6.07, 6.45) is 1.82. The SMILES string of the molecule is COc1c(Br)ccc2c1cnn2COCC[Si](C)(C)C. The van der Waals surface area contributed by atoms with Gasteiger partial charge in [-0.15, -0.1) is 0 Å². The van der Waals surface area contributed by atoms with Crippen LogP contribution in [0.4, 0.5) is 0 Å². The quantitative estimate of drug-likeness (QED) is 0.576. The summed E-state index contributed by atoms with van der Waals surface area (Å²) in [5, 5.41) is 5.38. The highest BCUT2D eigenvalue weighted by atomic mass is 79.9. The largest absolute Gasteiger partial charge is 0.495 e. The van der Waals surface area contributed by atoms with Gasteiger partial charge in [-0.3, -0.25) is 0 Å². The Morgan fingerprint density at radius 3 is 2.70 bits per heavy atom. The average Bonchev–Trinajstić information content (AvgIpc) is 2.76. The molecule has 0 aliphatic carbocycles. The molecule has 0 aliphatic heterocycles. The van der Waals surface area contributed by atoms with Gasteiger partial charge >= 0.3 is 0 Å². The first-order valence-electron chi connectivity index (χ1n) is 6.68. The molecular weight excluding hydrogens is 336 g/mol. The molecule has 0 saturated carbocycles. The smallest absolute Gasteiger partial charge is 0.144 e. The van der Waals surface area contributed by atoms with E-state index in [0.29, 0.717) is 6.73 Å². The molecule has 0 fully saturated rings. The number of aromatic nitrogens is 2. The lowest BCUT2D eigenvalue weighted by atomic mass is 10.2. The lowest BCUT2D eigenvalue weighted by Crippen LogP contribution is -2.22. The number of nitrogens with zero attached hydrogens (tertiary/aromatic N) is 2. The first kappa shape index (κ1) is 15.5. The minimum absolute atomic E-state index is 0.485. The van der Waals surface area contributed by atoms with E-state index in [1.54, 1.807) is 7.11 Å². The van der Waals surface area contributed by atoms with Crippen LogP contribution in [0.15, 0.2) is 22.8 Å². The molecule has 1 aromatic carbocycles. The van der Waals surface area contributed by atoms with E-state index in [1.807, 2.05) is 23.0 Å². The molecule has 0 atom stereocenters. The zero-order valence-electron chi connectivity index (χ0n) is 12.4. The lowest BCUT2D eigenvalue weighted by molar-refractivity contribution is 0.0817. The highest BCUT2D eigenvalue weighted by molar-refractivity contribution is 9.10. The number of rotatable bonds is 6. The van der Waals surface area contributed by atoms with Crippen molar-refractivity contribution >= 4 is 34.9 Å². The fourth-order valence-electron chi connectivity index (χ4n) is 1.94. The van der Waals surface area contributed by atoms with Crippen molar-refractivity contribution in [1.29, 1.82) is 0 Å².